The van der Waals surface area contributed by atoms with Crippen molar-refractivity contribution in [2.75, 3.05) is 14.1 Å². The van der Waals surface area contributed by atoms with Crippen LogP contribution in [0.3, 0.4) is 0 Å². The Morgan fingerprint density at radius 1 is 1.22 bits per heavy atom. The third-order valence-electron chi connectivity index (χ3n) is 3.69. The summed E-state index contributed by atoms with van der Waals surface area (Å²) in [7, 11) is 4.10. The van der Waals surface area contributed by atoms with Crippen molar-refractivity contribution in [3.63, 3.8) is 0 Å². The maximum Gasteiger partial charge on any atom is 0.267 e. The highest BCUT2D eigenvalue weighted by Gasteiger charge is 2.14. The third-order valence-corrected chi connectivity index (χ3v) is 3.69. The molecule has 23 heavy (non-hydrogen) atoms. The standard InChI is InChI=1S/C16H16N6O/c1-10-4-5-12-11(7-21(2)3)6-14-19-13(16-20-17-9-23-16)8-22(14)15(12)18-10/h4-6,8-9H,7H2,1-3H3. The van der Waals surface area contributed by atoms with Crippen LogP contribution in [0.2, 0.25) is 0 Å². The highest BCUT2D eigenvalue weighted by molar-refractivity contribution is 5.83. The van der Waals surface area contributed by atoms with Crippen LogP contribution >= 0.6 is 0 Å². The highest BCUT2D eigenvalue weighted by atomic mass is 16.4. The molecule has 0 amide bonds. The van der Waals surface area contributed by atoms with Crippen molar-refractivity contribution in [2.45, 2.75) is 13.5 Å². The quantitative estimate of drug-likeness (QED) is 0.578. The zero-order chi connectivity index (χ0) is 16.0. The van der Waals surface area contributed by atoms with Gasteiger partial charge in [-0.05, 0) is 44.8 Å². The van der Waals surface area contributed by atoms with Crippen LogP contribution < -0.4 is 0 Å². The van der Waals surface area contributed by atoms with E-state index in [-0.39, 0.29) is 0 Å². The van der Waals surface area contributed by atoms with Crippen molar-refractivity contribution in [1.82, 2.24) is 29.5 Å². The van der Waals surface area contributed by atoms with Gasteiger partial charge in [-0.2, -0.15) is 0 Å². The topological polar surface area (TPSA) is 72.4 Å². The van der Waals surface area contributed by atoms with Crippen molar-refractivity contribution >= 4 is 16.7 Å². The Morgan fingerprint density at radius 3 is 2.83 bits per heavy atom. The monoisotopic (exact) mass is 308 g/mol. The van der Waals surface area contributed by atoms with Crippen molar-refractivity contribution in [3.05, 3.63) is 42.0 Å². The predicted octanol–water partition coefficient (Wildman–Crippen LogP) is 2.30. The van der Waals surface area contributed by atoms with Crippen molar-refractivity contribution in [2.24, 2.45) is 0 Å². The molecule has 0 N–H and O–H groups in total. The lowest BCUT2D eigenvalue weighted by atomic mass is 10.1. The molecule has 0 radical (unpaired) electrons. The first-order chi connectivity index (χ1) is 11.1. The van der Waals surface area contributed by atoms with Crippen LogP contribution in [0.4, 0.5) is 0 Å². The minimum Gasteiger partial charge on any atom is -0.422 e. The molecular formula is C16H16N6O. The van der Waals surface area contributed by atoms with Gasteiger partial charge in [0, 0.05) is 23.8 Å². The summed E-state index contributed by atoms with van der Waals surface area (Å²) in [5.41, 5.74) is 4.51. The summed E-state index contributed by atoms with van der Waals surface area (Å²) >= 11 is 0. The molecule has 4 rings (SSSR count). The molecule has 0 unspecified atom stereocenters. The van der Waals surface area contributed by atoms with E-state index in [1.807, 2.05) is 37.7 Å². The molecule has 0 aliphatic heterocycles. The van der Waals surface area contributed by atoms with E-state index in [1.54, 1.807) is 0 Å². The molecule has 0 saturated heterocycles. The molecule has 4 aromatic heterocycles. The lowest BCUT2D eigenvalue weighted by Crippen LogP contribution is -2.11. The van der Waals surface area contributed by atoms with E-state index in [1.165, 1.54) is 12.0 Å². The second kappa shape index (κ2) is 5.13. The lowest BCUT2D eigenvalue weighted by molar-refractivity contribution is 0.404. The van der Waals surface area contributed by atoms with Crippen LogP contribution in [0.5, 0.6) is 0 Å². The Morgan fingerprint density at radius 2 is 2.09 bits per heavy atom. The Labute approximate surface area is 132 Å². The van der Waals surface area contributed by atoms with E-state index in [0.29, 0.717) is 11.6 Å². The fraction of sp³-hybridized carbons (Fsp3) is 0.250. The van der Waals surface area contributed by atoms with E-state index < -0.39 is 0 Å². The van der Waals surface area contributed by atoms with Crippen LogP contribution in [-0.4, -0.2) is 43.6 Å². The summed E-state index contributed by atoms with van der Waals surface area (Å²) < 4.78 is 7.23. The number of fused-ring (bicyclic) bond motifs is 3. The summed E-state index contributed by atoms with van der Waals surface area (Å²) in [5.74, 6) is 0.406. The second-order valence-electron chi connectivity index (χ2n) is 5.83. The summed E-state index contributed by atoms with van der Waals surface area (Å²) in [6.45, 7) is 2.81. The van der Waals surface area contributed by atoms with Gasteiger partial charge in [0.05, 0.1) is 0 Å². The fourth-order valence-corrected chi connectivity index (χ4v) is 2.74. The van der Waals surface area contributed by atoms with E-state index >= 15 is 0 Å². The van der Waals surface area contributed by atoms with Gasteiger partial charge in [0.1, 0.15) is 17.0 Å². The summed E-state index contributed by atoms with van der Waals surface area (Å²) in [4.78, 5) is 11.4. The molecule has 0 aromatic carbocycles. The zero-order valence-corrected chi connectivity index (χ0v) is 13.2. The SMILES string of the molecule is Cc1ccc2c(CN(C)C)cc3nc(-c4nnco4)cn3c2n1. The molecule has 4 heterocycles. The summed E-state index contributed by atoms with van der Waals surface area (Å²) in [6, 6.07) is 6.23. The smallest absolute Gasteiger partial charge is 0.267 e. The average molecular weight is 308 g/mol. The van der Waals surface area contributed by atoms with E-state index in [9.17, 15) is 0 Å². The van der Waals surface area contributed by atoms with E-state index in [0.717, 1.165) is 28.9 Å². The Balaban J connectivity index is 2.03. The highest BCUT2D eigenvalue weighted by Crippen LogP contribution is 2.25. The number of imidazole rings is 1. The Kier molecular flexibility index (Phi) is 3.09. The molecule has 0 aliphatic rings. The number of rotatable bonds is 3. The van der Waals surface area contributed by atoms with Gasteiger partial charge in [-0.3, -0.25) is 4.40 Å². The van der Waals surface area contributed by atoms with Crippen molar-refractivity contribution in [3.8, 4) is 11.6 Å². The zero-order valence-electron chi connectivity index (χ0n) is 13.2. The maximum atomic E-state index is 5.25. The molecule has 0 atom stereocenters. The normalized spacial score (nSPS) is 11.8. The van der Waals surface area contributed by atoms with Gasteiger partial charge in [0.15, 0.2) is 0 Å². The van der Waals surface area contributed by atoms with Crippen LogP contribution in [0.15, 0.2) is 35.2 Å². The molecule has 0 aliphatic carbocycles. The van der Waals surface area contributed by atoms with Gasteiger partial charge in [-0.15, -0.1) is 10.2 Å². The van der Waals surface area contributed by atoms with Crippen LogP contribution in [0, 0.1) is 6.92 Å². The number of pyridine rings is 2. The molecule has 116 valence electrons. The number of aromatic nitrogens is 5. The van der Waals surface area contributed by atoms with Gasteiger partial charge in [-0.25, -0.2) is 9.97 Å². The van der Waals surface area contributed by atoms with Gasteiger partial charge >= 0.3 is 0 Å². The third kappa shape index (κ3) is 2.35. The van der Waals surface area contributed by atoms with Crippen molar-refractivity contribution in [1.29, 1.82) is 0 Å². The first kappa shape index (κ1) is 13.8. The van der Waals surface area contributed by atoms with Gasteiger partial charge < -0.3 is 9.32 Å². The van der Waals surface area contributed by atoms with E-state index in [2.05, 4.69) is 32.2 Å². The molecule has 4 aromatic rings. The maximum absolute atomic E-state index is 5.25. The molecule has 0 saturated carbocycles. The van der Waals surface area contributed by atoms with Gasteiger partial charge in [0.2, 0.25) is 6.39 Å². The first-order valence-corrected chi connectivity index (χ1v) is 7.31. The minimum atomic E-state index is 0.406. The summed E-state index contributed by atoms with van der Waals surface area (Å²) in [5, 5.41) is 8.76. The Bertz CT molecular complexity index is 987. The molecule has 7 heteroatoms. The van der Waals surface area contributed by atoms with Crippen LogP contribution in [-0.2, 0) is 6.54 Å². The fourth-order valence-electron chi connectivity index (χ4n) is 2.74. The van der Waals surface area contributed by atoms with Crippen LogP contribution in [0.25, 0.3) is 28.3 Å². The van der Waals surface area contributed by atoms with Crippen molar-refractivity contribution < 1.29 is 4.42 Å². The van der Waals surface area contributed by atoms with Crippen LogP contribution in [0.1, 0.15) is 11.3 Å². The predicted molar refractivity (Wildman–Crippen MR) is 85.9 cm³/mol. The summed E-state index contributed by atoms with van der Waals surface area (Å²) in [6.07, 6.45) is 3.19. The second-order valence-corrected chi connectivity index (χ2v) is 5.83. The minimum absolute atomic E-state index is 0.406. The van der Waals surface area contributed by atoms with Gasteiger partial charge in [-0.1, -0.05) is 0 Å². The molecular weight excluding hydrogens is 292 g/mol. The largest absolute Gasteiger partial charge is 0.422 e. The lowest BCUT2D eigenvalue weighted by Gasteiger charge is -2.13. The number of aryl methyl sites for hydroxylation is 1. The number of hydrogen-bond donors (Lipinski definition) is 0. The van der Waals surface area contributed by atoms with Gasteiger partial charge in [0.25, 0.3) is 5.89 Å². The molecule has 0 spiro atoms. The number of hydrogen-bond acceptors (Lipinski definition) is 6. The average Bonchev–Trinajstić information content (AvgIpc) is 3.15. The molecule has 7 nitrogen and oxygen atoms in total. The first-order valence-electron chi connectivity index (χ1n) is 7.31. The molecule has 0 bridgehead atoms. The number of nitrogens with zero attached hydrogens (tertiary/aromatic N) is 6. The Hall–Kier alpha value is -2.80. The van der Waals surface area contributed by atoms with E-state index in [4.69, 9.17) is 9.40 Å². The molecule has 0 fully saturated rings.